The highest BCUT2D eigenvalue weighted by Crippen LogP contribution is 2.11. The molecule has 0 spiro atoms. The molecule has 0 saturated carbocycles. The van der Waals surface area contributed by atoms with Crippen molar-refractivity contribution < 1.29 is 0 Å². The van der Waals surface area contributed by atoms with Crippen molar-refractivity contribution in [2.75, 3.05) is 0 Å². The molecule has 0 bridgehead atoms. The zero-order valence-electron chi connectivity index (χ0n) is 8.14. The van der Waals surface area contributed by atoms with Gasteiger partial charge in [-0.25, -0.2) is 4.98 Å². The number of benzene rings is 1. The van der Waals surface area contributed by atoms with E-state index in [9.17, 15) is 0 Å². The summed E-state index contributed by atoms with van der Waals surface area (Å²) in [7, 11) is 0. The first-order valence-corrected chi connectivity index (χ1v) is 4.54. The Balaban J connectivity index is 2.43. The van der Waals surface area contributed by atoms with Gasteiger partial charge in [-0.1, -0.05) is 24.8 Å². The van der Waals surface area contributed by atoms with Crippen LogP contribution in [0.25, 0.3) is 11.8 Å². The first-order valence-electron chi connectivity index (χ1n) is 4.54. The summed E-state index contributed by atoms with van der Waals surface area (Å²) in [5.74, 6) is 0.997. The molecule has 0 aliphatic heterocycles. The molecule has 2 aromatic rings. The van der Waals surface area contributed by atoms with E-state index in [0.29, 0.717) is 0 Å². The lowest BCUT2D eigenvalue weighted by Gasteiger charge is -2.04. The SMILES string of the molecule is C=Cc1ccc(-n2ccnc2C)cc1. The van der Waals surface area contributed by atoms with Crippen molar-refractivity contribution in [3.05, 3.63) is 54.6 Å². The standard InChI is InChI=1S/C12H12N2/c1-3-11-4-6-12(7-5-11)14-9-8-13-10(14)2/h3-9H,1H2,2H3. The van der Waals surface area contributed by atoms with E-state index in [1.165, 1.54) is 0 Å². The zero-order chi connectivity index (χ0) is 9.97. The van der Waals surface area contributed by atoms with Crippen LogP contribution in [0.15, 0.2) is 43.2 Å². The summed E-state index contributed by atoms with van der Waals surface area (Å²) >= 11 is 0. The van der Waals surface area contributed by atoms with Crippen LogP contribution in [0.3, 0.4) is 0 Å². The van der Waals surface area contributed by atoms with Gasteiger partial charge in [-0.05, 0) is 24.6 Å². The first-order chi connectivity index (χ1) is 6.81. The second-order valence-corrected chi connectivity index (χ2v) is 3.14. The molecule has 0 unspecified atom stereocenters. The van der Waals surface area contributed by atoms with Crippen LogP contribution in [0.2, 0.25) is 0 Å². The third-order valence-electron chi connectivity index (χ3n) is 2.23. The normalized spacial score (nSPS) is 10.1. The molecule has 0 fully saturated rings. The molecule has 2 rings (SSSR count). The van der Waals surface area contributed by atoms with E-state index in [0.717, 1.165) is 17.1 Å². The molecule has 0 saturated heterocycles. The number of hydrogen-bond acceptors (Lipinski definition) is 1. The van der Waals surface area contributed by atoms with E-state index < -0.39 is 0 Å². The Kier molecular flexibility index (Phi) is 2.19. The van der Waals surface area contributed by atoms with Crippen molar-refractivity contribution in [3.8, 4) is 5.69 Å². The summed E-state index contributed by atoms with van der Waals surface area (Å²) in [5.41, 5.74) is 2.26. The lowest BCUT2D eigenvalue weighted by molar-refractivity contribution is 0.975. The summed E-state index contributed by atoms with van der Waals surface area (Å²) in [6.07, 6.45) is 5.60. The van der Waals surface area contributed by atoms with Gasteiger partial charge >= 0.3 is 0 Å². The van der Waals surface area contributed by atoms with Crippen molar-refractivity contribution >= 4 is 6.08 Å². The maximum Gasteiger partial charge on any atom is 0.110 e. The van der Waals surface area contributed by atoms with Gasteiger partial charge in [0.1, 0.15) is 5.82 Å². The Labute approximate surface area is 83.5 Å². The van der Waals surface area contributed by atoms with Gasteiger partial charge in [0.15, 0.2) is 0 Å². The van der Waals surface area contributed by atoms with Gasteiger partial charge in [0.05, 0.1) is 0 Å². The lowest BCUT2D eigenvalue weighted by Crippen LogP contribution is -1.94. The second-order valence-electron chi connectivity index (χ2n) is 3.14. The molecular formula is C12H12N2. The average molecular weight is 184 g/mol. The Morgan fingerprint density at radius 2 is 2.00 bits per heavy atom. The third-order valence-corrected chi connectivity index (χ3v) is 2.23. The van der Waals surface area contributed by atoms with E-state index in [1.807, 2.05) is 35.9 Å². The molecule has 2 nitrogen and oxygen atoms in total. The zero-order valence-corrected chi connectivity index (χ0v) is 8.14. The van der Waals surface area contributed by atoms with Crippen LogP contribution in [0.1, 0.15) is 11.4 Å². The van der Waals surface area contributed by atoms with Gasteiger partial charge in [0.2, 0.25) is 0 Å². The molecule has 0 radical (unpaired) electrons. The van der Waals surface area contributed by atoms with Crippen LogP contribution < -0.4 is 0 Å². The fourth-order valence-electron chi connectivity index (χ4n) is 1.42. The molecule has 0 aliphatic rings. The van der Waals surface area contributed by atoms with Gasteiger partial charge in [0.25, 0.3) is 0 Å². The van der Waals surface area contributed by atoms with E-state index in [-0.39, 0.29) is 0 Å². The molecule has 0 amide bonds. The molecular weight excluding hydrogens is 172 g/mol. The number of aryl methyl sites for hydroxylation is 1. The number of nitrogens with zero attached hydrogens (tertiary/aromatic N) is 2. The Morgan fingerprint density at radius 1 is 1.29 bits per heavy atom. The Hall–Kier alpha value is -1.83. The summed E-state index contributed by atoms with van der Waals surface area (Å²) in [6, 6.07) is 8.21. The summed E-state index contributed by atoms with van der Waals surface area (Å²) < 4.78 is 2.05. The molecule has 14 heavy (non-hydrogen) atoms. The molecule has 1 heterocycles. The number of imidazole rings is 1. The third kappa shape index (κ3) is 1.46. The smallest absolute Gasteiger partial charge is 0.110 e. The number of rotatable bonds is 2. The predicted molar refractivity (Wildman–Crippen MR) is 58.4 cm³/mol. The summed E-state index contributed by atoms with van der Waals surface area (Å²) in [4.78, 5) is 4.18. The van der Waals surface area contributed by atoms with E-state index in [1.54, 1.807) is 6.20 Å². The van der Waals surface area contributed by atoms with Gasteiger partial charge < -0.3 is 4.57 Å². The van der Waals surface area contributed by atoms with Crippen LogP contribution >= 0.6 is 0 Å². The minimum atomic E-state index is 0.997. The lowest BCUT2D eigenvalue weighted by atomic mass is 10.2. The van der Waals surface area contributed by atoms with Gasteiger partial charge in [-0.2, -0.15) is 0 Å². The van der Waals surface area contributed by atoms with E-state index in [2.05, 4.69) is 23.7 Å². The predicted octanol–water partition coefficient (Wildman–Crippen LogP) is 2.82. The van der Waals surface area contributed by atoms with Gasteiger partial charge in [-0.15, -0.1) is 0 Å². The van der Waals surface area contributed by atoms with Gasteiger partial charge in [0, 0.05) is 18.1 Å². The molecule has 0 atom stereocenters. The topological polar surface area (TPSA) is 17.8 Å². The van der Waals surface area contributed by atoms with E-state index in [4.69, 9.17) is 0 Å². The van der Waals surface area contributed by atoms with Crippen molar-refractivity contribution in [3.63, 3.8) is 0 Å². The molecule has 1 aromatic carbocycles. The maximum absolute atomic E-state index is 4.18. The van der Waals surface area contributed by atoms with Crippen LogP contribution in [0, 0.1) is 6.92 Å². The van der Waals surface area contributed by atoms with Crippen LogP contribution in [-0.2, 0) is 0 Å². The first kappa shape index (κ1) is 8.75. The molecule has 1 aromatic heterocycles. The highest BCUT2D eigenvalue weighted by Gasteiger charge is 1.98. The summed E-state index contributed by atoms with van der Waals surface area (Å²) in [6.45, 7) is 5.71. The van der Waals surface area contributed by atoms with Crippen LogP contribution in [0.4, 0.5) is 0 Å². The molecule has 0 N–H and O–H groups in total. The molecule has 70 valence electrons. The fourth-order valence-corrected chi connectivity index (χ4v) is 1.42. The Morgan fingerprint density at radius 3 is 2.50 bits per heavy atom. The average Bonchev–Trinajstić information content (AvgIpc) is 2.65. The van der Waals surface area contributed by atoms with Crippen molar-refractivity contribution in [1.82, 2.24) is 9.55 Å². The number of aromatic nitrogens is 2. The van der Waals surface area contributed by atoms with Crippen molar-refractivity contribution in [2.45, 2.75) is 6.92 Å². The number of hydrogen-bond donors (Lipinski definition) is 0. The molecule has 0 aliphatic carbocycles. The van der Waals surface area contributed by atoms with Crippen molar-refractivity contribution in [2.24, 2.45) is 0 Å². The van der Waals surface area contributed by atoms with Crippen molar-refractivity contribution in [1.29, 1.82) is 0 Å². The van der Waals surface area contributed by atoms with Crippen LogP contribution in [-0.4, -0.2) is 9.55 Å². The Bertz CT molecular complexity index is 438. The van der Waals surface area contributed by atoms with E-state index >= 15 is 0 Å². The second kappa shape index (κ2) is 3.50. The maximum atomic E-state index is 4.18. The summed E-state index contributed by atoms with van der Waals surface area (Å²) in [5, 5.41) is 0. The minimum Gasteiger partial charge on any atom is -0.304 e. The largest absolute Gasteiger partial charge is 0.304 e. The highest BCUT2D eigenvalue weighted by molar-refractivity contribution is 5.50. The fraction of sp³-hybridized carbons (Fsp3) is 0.0833. The van der Waals surface area contributed by atoms with Gasteiger partial charge in [-0.3, -0.25) is 0 Å². The minimum absolute atomic E-state index is 0.997. The highest BCUT2D eigenvalue weighted by atomic mass is 15.1. The quantitative estimate of drug-likeness (QED) is 0.701. The molecule has 2 heteroatoms. The monoisotopic (exact) mass is 184 g/mol. The van der Waals surface area contributed by atoms with Crippen LogP contribution in [0.5, 0.6) is 0 Å².